The van der Waals surface area contributed by atoms with Gasteiger partial charge >= 0.3 is 0 Å². The average molecular weight is 212 g/mol. The van der Waals surface area contributed by atoms with Crippen LogP contribution in [0.3, 0.4) is 0 Å². The standard InChI is InChI=1S/C10H16N2O3/c11-5-1-2-7(12)6-3-4-8(13)10(15)9(6)14/h3-4,7,13-15H,1-2,5,11-12H2/t7-/m0/s1. The van der Waals surface area contributed by atoms with Crippen LogP contribution in [0.2, 0.25) is 0 Å². The largest absolute Gasteiger partial charge is 0.504 e. The Morgan fingerprint density at radius 2 is 1.80 bits per heavy atom. The lowest BCUT2D eigenvalue weighted by Gasteiger charge is -2.14. The van der Waals surface area contributed by atoms with Crippen LogP contribution >= 0.6 is 0 Å². The summed E-state index contributed by atoms with van der Waals surface area (Å²) in [6.07, 6.45) is 1.36. The molecule has 0 radical (unpaired) electrons. The fourth-order valence-corrected chi connectivity index (χ4v) is 1.38. The lowest BCUT2D eigenvalue weighted by atomic mass is 10.0. The molecule has 0 fully saturated rings. The maximum Gasteiger partial charge on any atom is 0.200 e. The van der Waals surface area contributed by atoms with E-state index in [2.05, 4.69) is 0 Å². The van der Waals surface area contributed by atoms with Crippen molar-refractivity contribution < 1.29 is 15.3 Å². The molecule has 5 nitrogen and oxygen atoms in total. The van der Waals surface area contributed by atoms with Gasteiger partial charge < -0.3 is 26.8 Å². The van der Waals surface area contributed by atoms with E-state index in [1.807, 2.05) is 0 Å². The second-order valence-corrected chi connectivity index (χ2v) is 3.41. The van der Waals surface area contributed by atoms with Crippen LogP contribution in [0.15, 0.2) is 12.1 Å². The zero-order valence-electron chi connectivity index (χ0n) is 8.35. The van der Waals surface area contributed by atoms with Crippen LogP contribution < -0.4 is 11.5 Å². The van der Waals surface area contributed by atoms with Crippen LogP contribution in [0, 0.1) is 0 Å². The number of aromatic hydroxyl groups is 3. The first-order chi connectivity index (χ1) is 7.07. The molecule has 1 atom stereocenters. The number of hydrogen-bond donors (Lipinski definition) is 5. The van der Waals surface area contributed by atoms with Gasteiger partial charge in [-0.25, -0.2) is 0 Å². The number of phenolic OH excluding ortho intramolecular Hbond substituents is 3. The first-order valence-corrected chi connectivity index (χ1v) is 4.77. The summed E-state index contributed by atoms with van der Waals surface area (Å²) in [7, 11) is 0. The van der Waals surface area contributed by atoms with Gasteiger partial charge in [0, 0.05) is 11.6 Å². The molecular weight excluding hydrogens is 196 g/mol. The van der Waals surface area contributed by atoms with Crippen molar-refractivity contribution >= 4 is 0 Å². The van der Waals surface area contributed by atoms with Crippen molar-refractivity contribution in [3.63, 3.8) is 0 Å². The molecule has 0 heterocycles. The number of hydrogen-bond acceptors (Lipinski definition) is 5. The molecule has 0 aliphatic heterocycles. The third kappa shape index (κ3) is 2.51. The molecule has 0 saturated heterocycles. The van der Waals surface area contributed by atoms with Gasteiger partial charge in [-0.3, -0.25) is 0 Å². The smallest absolute Gasteiger partial charge is 0.200 e. The van der Waals surface area contributed by atoms with Crippen LogP contribution in [0.4, 0.5) is 0 Å². The maximum atomic E-state index is 9.53. The Hall–Kier alpha value is -1.46. The summed E-state index contributed by atoms with van der Waals surface area (Å²) in [5.41, 5.74) is 11.5. The van der Waals surface area contributed by atoms with Crippen molar-refractivity contribution in [3.8, 4) is 17.2 Å². The van der Waals surface area contributed by atoms with E-state index in [0.717, 1.165) is 6.42 Å². The van der Waals surface area contributed by atoms with E-state index in [1.54, 1.807) is 0 Å². The molecule has 0 unspecified atom stereocenters. The molecule has 1 aromatic carbocycles. The molecule has 84 valence electrons. The minimum Gasteiger partial charge on any atom is -0.504 e. The molecule has 1 aromatic rings. The van der Waals surface area contributed by atoms with E-state index in [4.69, 9.17) is 16.6 Å². The molecule has 1 rings (SSSR count). The van der Waals surface area contributed by atoms with Crippen molar-refractivity contribution in [1.29, 1.82) is 0 Å². The van der Waals surface area contributed by atoms with E-state index in [9.17, 15) is 10.2 Å². The predicted octanol–water partition coefficient (Wildman–Crippen LogP) is 0.542. The minimum atomic E-state index is -0.532. The highest BCUT2D eigenvalue weighted by molar-refractivity contribution is 5.53. The van der Waals surface area contributed by atoms with Gasteiger partial charge in [0.15, 0.2) is 11.5 Å². The van der Waals surface area contributed by atoms with Crippen molar-refractivity contribution in [1.82, 2.24) is 0 Å². The lowest BCUT2D eigenvalue weighted by Crippen LogP contribution is -2.12. The fraction of sp³-hybridized carbons (Fsp3) is 0.400. The van der Waals surface area contributed by atoms with E-state index < -0.39 is 5.75 Å². The van der Waals surface area contributed by atoms with Gasteiger partial charge in [0.25, 0.3) is 0 Å². The van der Waals surface area contributed by atoms with Crippen LogP contribution in [-0.4, -0.2) is 21.9 Å². The van der Waals surface area contributed by atoms with Crippen molar-refractivity contribution in [2.24, 2.45) is 11.5 Å². The van der Waals surface area contributed by atoms with Gasteiger partial charge in [0.1, 0.15) is 0 Å². The van der Waals surface area contributed by atoms with Crippen molar-refractivity contribution in [2.75, 3.05) is 6.54 Å². The first kappa shape index (κ1) is 11.6. The molecule has 5 heteroatoms. The highest BCUT2D eigenvalue weighted by Crippen LogP contribution is 2.39. The summed E-state index contributed by atoms with van der Waals surface area (Å²) in [6.45, 7) is 0.526. The normalized spacial score (nSPS) is 12.7. The van der Waals surface area contributed by atoms with Gasteiger partial charge in [0.05, 0.1) is 0 Å². The SMILES string of the molecule is NCCC[C@H](N)c1ccc(O)c(O)c1O. The topological polar surface area (TPSA) is 113 Å². The Morgan fingerprint density at radius 1 is 1.13 bits per heavy atom. The molecule has 0 saturated carbocycles. The lowest BCUT2D eigenvalue weighted by molar-refractivity contribution is 0.362. The molecule has 15 heavy (non-hydrogen) atoms. The van der Waals surface area contributed by atoms with Crippen LogP contribution in [0.5, 0.6) is 17.2 Å². The second kappa shape index (κ2) is 4.86. The molecule has 7 N–H and O–H groups in total. The third-order valence-corrected chi connectivity index (χ3v) is 2.28. The molecule has 0 spiro atoms. The Morgan fingerprint density at radius 3 is 2.40 bits per heavy atom. The molecule has 0 aliphatic rings. The Bertz CT molecular complexity index is 342. The van der Waals surface area contributed by atoms with Gasteiger partial charge in [-0.2, -0.15) is 0 Å². The summed E-state index contributed by atoms with van der Waals surface area (Å²) in [5, 5.41) is 27.9. The van der Waals surface area contributed by atoms with Crippen LogP contribution in [-0.2, 0) is 0 Å². The minimum absolute atomic E-state index is 0.359. The average Bonchev–Trinajstić information content (AvgIpc) is 2.23. The number of nitrogens with two attached hydrogens (primary N) is 2. The van der Waals surface area contributed by atoms with Crippen molar-refractivity contribution in [2.45, 2.75) is 18.9 Å². The van der Waals surface area contributed by atoms with E-state index in [0.29, 0.717) is 18.5 Å². The maximum absolute atomic E-state index is 9.53. The summed E-state index contributed by atoms with van der Waals surface area (Å²) < 4.78 is 0. The Balaban J connectivity index is 2.90. The van der Waals surface area contributed by atoms with E-state index in [1.165, 1.54) is 12.1 Å². The van der Waals surface area contributed by atoms with E-state index >= 15 is 0 Å². The van der Waals surface area contributed by atoms with Crippen LogP contribution in [0.1, 0.15) is 24.4 Å². The van der Waals surface area contributed by atoms with E-state index in [-0.39, 0.29) is 17.5 Å². The number of benzene rings is 1. The first-order valence-electron chi connectivity index (χ1n) is 4.77. The summed E-state index contributed by atoms with van der Waals surface area (Å²) in [4.78, 5) is 0. The van der Waals surface area contributed by atoms with Gasteiger partial charge in [-0.1, -0.05) is 0 Å². The predicted molar refractivity (Wildman–Crippen MR) is 56.7 cm³/mol. The zero-order chi connectivity index (χ0) is 11.4. The van der Waals surface area contributed by atoms with Crippen molar-refractivity contribution in [3.05, 3.63) is 17.7 Å². The zero-order valence-corrected chi connectivity index (χ0v) is 8.35. The second-order valence-electron chi connectivity index (χ2n) is 3.41. The van der Waals surface area contributed by atoms with Gasteiger partial charge in [-0.15, -0.1) is 0 Å². The summed E-state index contributed by atoms with van der Waals surface area (Å²) in [5.74, 6) is -1.25. The molecule has 0 aromatic heterocycles. The molecule has 0 bridgehead atoms. The fourth-order valence-electron chi connectivity index (χ4n) is 1.38. The summed E-state index contributed by atoms with van der Waals surface area (Å²) in [6, 6.07) is 2.40. The molecular formula is C10H16N2O3. The molecule has 0 aliphatic carbocycles. The number of phenols is 3. The van der Waals surface area contributed by atoms with Crippen LogP contribution in [0.25, 0.3) is 0 Å². The highest BCUT2D eigenvalue weighted by atomic mass is 16.3. The number of rotatable bonds is 4. The summed E-state index contributed by atoms with van der Waals surface area (Å²) >= 11 is 0. The molecule has 0 amide bonds. The Labute approximate surface area is 88.0 Å². The Kier molecular flexibility index (Phi) is 3.76. The monoisotopic (exact) mass is 212 g/mol. The van der Waals surface area contributed by atoms with Gasteiger partial charge in [0.2, 0.25) is 5.75 Å². The third-order valence-electron chi connectivity index (χ3n) is 2.28. The van der Waals surface area contributed by atoms with Gasteiger partial charge in [-0.05, 0) is 31.5 Å². The quantitative estimate of drug-likeness (QED) is 0.467. The highest BCUT2D eigenvalue weighted by Gasteiger charge is 2.15.